The molecule has 0 aromatic heterocycles. The zero-order valence-electron chi connectivity index (χ0n) is 11.5. The van der Waals surface area contributed by atoms with Crippen molar-refractivity contribution in [3.63, 3.8) is 0 Å². The molecule has 0 aromatic rings. The summed E-state index contributed by atoms with van der Waals surface area (Å²) in [6.07, 6.45) is -0.411. The molecule has 1 heterocycles. The summed E-state index contributed by atoms with van der Waals surface area (Å²) < 4.78 is 22.8. The van der Waals surface area contributed by atoms with E-state index in [9.17, 15) is 22.8 Å². The van der Waals surface area contributed by atoms with E-state index in [2.05, 4.69) is 10.6 Å². The first-order chi connectivity index (χ1) is 9.53. The van der Waals surface area contributed by atoms with Crippen LogP contribution in [0, 0.1) is 0 Å². The highest BCUT2D eigenvalue weighted by molar-refractivity contribution is 7.91. The molecule has 0 aliphatic carbocycles. The van der Waals surface area contributed by atoms with Crippen LogP contribution in [0.5, 0.6) is 0 Å². The van der Waals surface area contributed by atoms with Gasteiger partial charge in [-0.1, -0.05) is 0 Å². The van der Waals surface area contributed by atoms with Gasteiger partial charge in [0.15, 0.2) is 9.84 Å². The topological polar surface area (TPSA) is 150 Å². The maximum atomic E-state index is 11.7. The molecule has 0 aromatic carbocycles. The third-order valence-electron chi connectivity index (χ3n) is 3.17. The van der Waals surface area contributed by atoms with Crippen LogP contribution < -0.4 is 10.6 Å². The number of carboxylic acids is 2. The van der Waals surface area contributed by atoms with Crippen molar-refractivity contribution in [1.29, 1.82) is 0 Å². The Labute approximate surface area is 121 Å². The van der Waals surface area contributed by atoms with Gasteiger partial charge in [-0.15, -0.1) is 0 Å². The van der Waals surface area contributed by atoms with Crippen LogP contribution in [0.15, 0.2) is 0 Å². The lowest BCUT2D eigenvalue weighted by atomic mass is 10.0. The van der Waals surface area contributed by atoms with E-state index < -0.39 is 45.8 Å². The second kappa shape index (κ2) is 6.29. The molecule has 1 saturated heterocycles. The number of carbonyl (C=O) groups excluding carboxylic acids is 1. The Morgan fingerprint density at radius 1 is 1.29 bits per heavy atom. The minimum atomic E-state index is -3.20. The van der Waals surface area contributed by atoms with Crippen molar-refractivity contribution in [1.82, 2.24) is 10.6 Å². The molecule has 0 radical (unpaired) electrons. The van der Waals surface area contributed by atoms with Gasteiger partial charge in [0.1, 0.15) is 6.04 Å². The number of carboxylic acid groups (broad SMARTS) is 2. The van der Waals surface area contributed by atoms with Crippen molar-refractivity contribution in [3.05, 3.63) is 0 Å². The number of amides is 2. The molecule has 4 N–H and O–H groups in total. The maximum absolute atomic E-state index is 11.7. The van der Waals surface area contributed by atoms with Crippen LogP contribution in [-0.4, -0.2) is 59.7 Å². The molecule has 10 heteroatoms. The Kier molecular flexibility index (Phi) is 5.15. The Morgan fingerprint density at radius 3 is 2.33 bits per heavy atom. The quantitative estimate of drug-likeness (QED) is 0.499. The fourth-order valence-corrected chi connectivity index (χ4v) is 4.20. The minimum absolute atomic E-state index is 0.0366. The SMILES string of the molecule is CC1(NC(=O)N[C@@H](CCC(=O)O)C(=O)O)CCS(=O)(=O)C1. The zero-order valence-corrected chi connectivity index (χ0v) is 12.3. The number of hydrogen-bond donors (Lipinski definition) is 4. The fourth-order valence-electron chi connectivity index (χ4n) is 2.10. The van der Waals surface area contributed by atoms with Crippen molar-refractivity contribution in [2.75, 3.05) is 11.5 Å². The van der Waals surface area contributed by atoms with Crippen LogP contribution in [0.25, 0.3) is 0 Å². The van der Waals surface area contributed by atoms with Crippen molar-refractivity contribution in [2.24, 2.45) is 0 Å². The standard InChI is InChI=1S/C11H18N2O7S/c1-11(4-5-21(19,20)6-11)13-10(18)12-7(9(16)17)2-3-8(14)15/h7H,2-6H2,1H3,(H,14,15)(H,16,17)(H2,12,13,18)/t7-,11?/m0/s1. The lowest BCUT2D eigenvalue weighted by Crippen LogP contribution is -2.54. The first-order valence-corrected chi connectivity index (χ1v) is 8.09. The van der Waals surface area contributed by atoms with Crippen molar-refractivity contribution in [3.8, 4) is 0 Å². The van der Waals surface area contributed by atoms with E-state index in [1.165, 1.54) is 0 Å². The van der Waals surface area contributed by atoms with E-state index in [0.29, 0.717) is 0 Å². The van der Waals surface area contributed by atoms with Gasteiger partial charge >= 0.3 is 18.0 Å². The number of urea groups is 1. The number of carbonyl (C=O) groups is 3. The lowest BCUT2D eigenvalue weighted by Gasteiger charge is -2.25. The predicted octanol–water partition coefficient (Wildman–Crippen LogP) is -0.819. The largest absolute Gasteiger partial charge is 0.481 e. The molecule has 0 saturated carbocycles. The summed E-state index contributed by atoms with van der Waals surface area (Å²) in [6.45, 7) is 1.56. The summed E-state index contributed by atoms with van der Waals surface area (Å²) in [5.41, 5.74) is -0.946. The predicted molar refractivity (Wildman–Crippen MR) is 71.6 cm³/mol. The smallest absolute Gasteiger partial charge is 0.326 e. The molecule has 120 valence electrons. The van der Waals surface area contributed by atoms with Gasteiger partial charge in [-0.2, -0.15) is 0 Å². The highest BCUT2D eigenvalue weighted by Gasteiger charge is 2.39. The van der Waals surface area contributed by atoms with E-state index >= 15 is 0 Å². The summed E-state index contributed by atoms with van der Waals surface area (Å²) in [7, 11) is -3.20. The summed E-state index contributed by atoms with van der Waals surface area (Å²) in [6, 6.07) is -2.17. The Bertz CT molecular complexity index is 545. The summed E-state index contributed by atoms with van der Waals surface area (Å²) in [4.78, 5) is 33.1. The van der Waals surface area contributed by atoms with Crippen LogP contribution >= 0.6 is 0 Å². The van der Waals surface area contributed by atoms with E-state index in [4.69, 9.17) is 10.2 Å². The third-order valence-corrected chi connectivity index (χ3v) is 5.07. The highest BCUT2D eigenvalue weighted by Crippen LogP contribution is 2.22. The zero-order chi connectivity index (χ0) is 16.3. The summed E-state index contributed by atoms with van der Waals surface area (Å²) in [5, 5.41) is 22.0. The number of nitrogens with one attached hydrogen (secondary N) is 2. The Hall–Kier alpha value is -1.84. The van der Waals surface area contributed by atoms with Crippen LogP contribution in [0.2, 0.25) is 0 Å². The molecule has 2 amide bonds. The monoisotopic (exact) mass is 322 g/mol. The molecule has 21 heavy (non-hydrogen) atoms. The maximum Gasteiger partial charge on any atom is 0.326 e. The van der Waals surface area contributed by atoms with Crippen LogP contribution in [0.1, 0.15) is 26.2 Å². The van der Waals surface area contributed by atoms with Crippen LogP contribution in [0.3, 0.4) is 0 Å². The fraction of sp³-hybridized carbons (Fsp3) is 0.727. The lowest BCUT2D eigenvalue weighted by molar-refractivity contribution is -0.140. The normalized spacial score (nSPS) is 25.0. The Morgan fingerprint density at radius 2 is 1.90 bits per heavy atom. The molecule has 1 aliphatic heterocycles. The van der Waals surface area contributed by atoms with Gasteiger partial charge in [-0.3, -0.25) is 4.79 Å². The average molecular weight is 322 g/mol. The first-order valence-electron chi connectivity index (χ1n) is 6.27. The van der Waals surface area contributed by atoms with E-state index in [0.717, 1.165) is 0 Å². The molecule has 9 nitrogen and oxygen atoms in total. The molecule has 0 bridgehead atoms. The van der Waals surface area contributed by atoms with Crippen LogP contribution in [-0.2, 0) is 19.4 Å². The highest BCUT2D eigenvalue weighted by atomic mass is 32.2. The molecule has 2 atom stereocenters. The number of hydrogen-bond acceptors (Lipinski definition) is 5. The van der Waals surface area contributed by atoms with Gasteiger partial charge in [-0.25, -0.2) is 18.0 Å². The van der Waals surface area contributed by atoms with Crippen molar-refractivity contribution in [2.45, 2.75) is 37.8 Å². The van der Waals surface area contributed by atoms with E-state index in [-0.39, 0.29) is 24.3 Å². The summed E-state index contributed by atoms with van der Waals surface area (Å²) >= 11 is 0. The summed E-state index contributed by atoms with van der Waals surface area (Å²) in [5.74, 6) is -2.77. The second-order valence-corrected chi connectivity index (χ2v) is 7.51. The average Bonchev–Trinajstić information content (AvgIpc) is 2.57. The number of aliphatic carboxylic acids is 2. The van der Waals surface area contributed by atoms with Gasteiger partial charge in [-0.05, 0) is 19.8 Å². The molecule has 1 unspecified atom stereocenters. The van der Waals surface area contributed by atoms with Crippen molar-refractivity contribution >= 4 is 27.8 Å². The number of rotatable bonds is 6. The Balaban J connectivity index is 2.58. The van der Waals surface area contributed by atoms with Crippen LogP contribution in [0.4, 0.5) is 4.79 Å². The van der Waals surface area contributed by atoms with Gasteiger partial charge < -0.3 is 20.8 Å². The molecule has 1 aliphatic rings. The molecule has 1 fully saturated rings. The van der Waals surface area contributed by atoms with E-state index in [1.54, 1.807) is 6.92 Å². The van der Waals surface area contributed by atoms with Gasteiger partial charge in [0, 0.05) is 6.42 Å². The van der Waals surface area contributed by atoms with Gasteiger partial charge in [0.2, 0.25) is 0 Å². The van der Waals surface area contributed by atoms with Crippen molar-refractivity contribution < 1.29 is 33.0 Å². The molecular formula is C11H18N2O7S. The van der Waals surface area contributed by atoms with Gasteiger partial charge in [0.25, 0.3) is 0 Å². The number of sulfone groups is 1. The van der Waals surface area contributed by atoms with Gasteiger partial charge in [0.05, 0.1) is 17.0 Å². The minimum Gasteiger partial charge on any atom is -0.481 e. The molecule has 1 rings (SSSR count). The molecular weight excluding hydrogens is 304 g/mol. The first kappa shape index (κ1) is 17.2. The third kappa shape index (κ3) is 5.58. The molecule has 0 spiro atoms. The second-order valence-electron chi connectivity index (χ2n) is 5.32. The van der Waals surface area contributed by atoms with E-state index in [1.807, 2.05) is 0 Å².